The van der Waals surface area contributed by atoms with E-state index in [9.17, 15) is 22.4 Å². The number of likely N-dealkylation sites (N-methyl/N-ethyl adjacent to an activating group) is 1. The largest absolute Gasteiger partial charge is 0.355 e. The van der Waals surface area contributed by atoms with E-state index in [2.05, 4.69) is 5.32 Å². The van der Waals surface area contributed by atoms with E-state index < -0.39 is 34.3 Å². The van der Waals surface area contributed by atoms with Gasteiger partial charge in [-0.3, -0.25) is 13.9 Å². The third-order valence-electron chi connectivity index (χ3n) is 5.01. The molecule has 0 bridgehead atoms. The number of para-hydroxylation sites is 1. The fourth-order valence-electron chi connectivity index (χ4n) is 3.35. The highest BCUT2D eigenvalue weighted by molar-refractivity contribution is 7.92. The molecule has 0 aliphatic rings. The lowest BCUT2D eigenvalue weighted by atomic mass is 10.1. The minimum atomic E-state index is -3.97. The average molecular weight is 464 g/mol. The molecule has 0 aliphatic carbocycles. The van der Waals surface area contributed by atoms with Crippen LogP contribution in [0.1, 0.15) is 31.4 Å². The second-order valence-corrected chi connectivity index (χ2v) is 9.45. The summed E-state index contributed by atoms with van der Waals surface area (Å²) in [5, 5.41) is 2.73. The fourth-order valence-corrected chi connectivity index (χ4v) is 4.20. The van der Waals surface area contributed by atoms with Gasteiger partial charge in [-0.1, -0.05) is 48.9 Å². The molecule has 0 radical (unpaired) electrons. The third kappa shape index (κ3) is 6.53. The molecular weight excluding hydrogens is 433 g/mol. The molecule has 174 valence electrons. The Balaban J connectivity index is 2.43. The highest BCUT2D eigenvalue weighted by atomic mass is 32.2. The number of hydrogen-bond acceptors (Lipinski definition) is 4. The second-order valence-electron chi connectivity index (χ2n) is 7.55. The van der Waals surface area contributed by atoms with Crippen LogP contribution in [0.3, 0.4) is 0 Å². The van der Waals surface area contributed by atoms with Crippen molar-refractivity contribution in [1.29, 1.82) is 0 Å². The van der Waals surface area contributed by atoms with Gasteiger partial charge in [0.1, 0.15) is 18.4 Å². The summed E-state index contributed by atoms with van der Waals surface area (Å²) in [5.74, 6) is -1.68. The van der Waals surface area contributed by atoms with E-state index in [1.807, 2.05) is 31.2 Å². The lowest BCUT2D eigenvalue weighted by Gasteiger charge is -2.32. The summed E-state index contributed by atoms with van der Waals surface area (Å²) in [5.41, 5.74) is 1.62. The molecule has 0 aliphatic heterocycles. The zero-order valence-corrected chi connectivity index (χ0v) is 19.7. The number of amides is 2. The summed E-state index contributed by atoms with van der Waals surface area (Å²) < 4.78 is 39.9. The number of benzene rings is 2. The first-order valence-electron chi connectivity index (χ1n) is 10.4. The molecule has 0 spiro atoms. The van der Waals surface area contributed by atoms with Crippen LogP contribution >= 0.6 is 0 Å². The maximum atomic E-state index is 14.4. The minimum absolute atomic E-state index is 0.115. The van der Waals surface area contributed by atoms with Gasteiger partial charge >= 0.3 is 0 Å². The Labute approximate surface area is 189 Å². The molecule has 0 fully saturated rings. The van der Waals surface area contributed by atoms with E-state index >= 15 is 0 Å². The summed E-state index contributed by atoms with van der Waals surface area (Å²) in [4.78, 5) is 27.4. The van der Waals surface area contributed by atoms with Crippen molar-refractivity contribution in [3.8, 4) is 0 Å². The van der Waals surface area contributed by atoms with Gasteiger partial charge in [-0.25, -0.2) is 12.8 Å². The van der Waals surface area contributed by atoms with Gasteiger partial charge < -0.3 is 10.2 Å². The number of carbonyl (C=O) groups excluding carboxylic acids is 2. The Bertz CT molecular complexity index is 1040. The molecule has 2 aromatic rings. The molecule has 32 heavy (non-hydrogen) atoms. The van der Waals surface area contributed by atoms with E-state index in [1.165, 1.54) is 23.1 Å². The minimum Gasteiger partial charge on any atom is -0.355 e. The van der Waals surface area contributed by atoms with Gasteiger partial charge in [0.15, 0.2) is 0 Å². The van der Waals surface area contributed by atoms with Crippen molar-refractivity contribution in [2.45, 2.75) is 39.8 Å². The summed E-state index contributed by atoms with van der Waals surface area (Å²) in [6.07, 6.45) is 1.25. The molecule has 0 saturated heterocycles. The van der Waals surface area contributed by atoms with Crippen LogP contribution in [0.4, 0.5) is 10.1 Å². The maximum absolute atomic E-state index is 14.4. The molecule has 7 nitrogen and oxygen atoms in total. The van der Waals surface area contributed by atoms with Crippen molar-refractivity contribution >= 4 is 27.5 Å². The number of carbonyl (C=O) groups is 2. The molecule has 9 heteroatoms. The lowest BCUT2D eigenvalue weighted by Crippen LogP contribution is -2.52. The number of nitrogens with one attached hydrogen (secondary N) is 1. The van der Waals surface area contributed by atoms with E-state index in [-0.39, 0.29) is 18.1 Å². The van der Waals surface area contributed by atoms with Gasteiger partial charge in [0.05, 0.1) is 11.9 Å². The lowest BCUT2D eigenvalue weighted by molar-refractivity contribution is -0.140. The molecule has 2 aromatic carbocycles. The number of anilines is 1. The Morgan fingerprint density at radius 1 is 1.06 bits per heavy atom. The molecule has 1 N–H and O–H groups in total. The number of aryl methyl sites for hydroxylation is 1. The SMILES string of the molecule is CCNC(=O)[C@H](CC)N(Cc1ccc(C)cc1)C(=O)CN(c1ccccc1F)S(C)(=O)=O. The fraction of sp³-hybridized carbons (Fsp3) is 0.391. The van der Waals surface area contributed by atoms with Gasteiger partial charge in [-0.05, 0) is 38.0 Å². The van der Waals surface area contributed by atoms with Crippen LogP contribution in [0.2, 0.25) is 0 Å². The molecule has 2 amide bonds. The molecule has 0 heterocycles. The highest BCUT2D eigenvalue weighted by Crippen LogP contribution is 2.22. The first-order valence-corrected chi connectivity index (χ1v) is 12.3. The Morgan fingerprint density at radius 2 is 1.69 bits per heavy atom. The van der Waals surface area contributed by atoms with Crippen LogP contribution in [0.25, 0.3) is 0 Å². The monoisotopic (exact) mass is 463 g/mol. The average Bonchev–Trinajstić information content (AvgIpc) is 2.73. The van der Waals surface area contributed by atoms with Gasteiger partial charge in [0.25, 0.3) is 0 Å². The van der Waals surface area contributed by atoms with Crippen LogP contribution < -0.4 is 9.62 Å². The number of sulfonamides is 1. The van der Waals surface area contributed by atoms with Crippen LogP contribution in [0.15, 0.2) is 48.5 Å². The van der Waals surface area contributed by atoms with E-state index in [4.69, 9.17) is 0 Å². The summed E-state index contributed by atoms with van der Waals surface area (Å²) in [7, 11) is -3.97. The predicted molar refractivity (Wildman–Crippen MR) is 123 cm³/mol. The normalized spacial score (nSPS) is 12.2. The van der Waals surface area contributed by atoms with Crippen molar-refractivity contribution < 1.29 is 22.4 Å². The highest BCUT2D eigenvalue weighted by Gasteiger charge is 2.32. The zero-order chi connectivity index (χ0) is 23.9. The predicted octanol–water partition coefficient (Wildman–Crippen LogP) is 2.84. The maximum Gasteiger partial charge on any atom is 0.244 e. The molecule has 0 aromatic heterocycles. The van der Waals surface area contributed by atoms with E-state index in [1.54, 1.807) is 13.8 Å². The van der Waals surface area contributed by atoms with E-state index in [0.717, 1.165) is 27.8 Å². The quantitative estimate of drug-likeness (QED) is 0.587. The second kappa shape index (κ2) is 11.1. The summed E-state index contributed by atoms with van der Waals surface area (Å²) in [6, 6.07) is 12.1. The Morgan fingerprint density at radius 3 is 2.22 bits per heavy atom. The molecule has 0 saturated carbocycles. The topological polar surface area (TPSA) is 86.8 Å². The molecular formula is C23H30FN3O4S. The van der Waals surface area contributed by atoms with Crippen LogP contribution in [0.5, 0.6) is 0 Å². The van der Waals surface area contributed by atoms with Crippen molar-refractivity contribution in [1.82, 2.24) is 10.2 Å². The van der Waals surface area contributed by atoms with Crippen molar-refractivity contribution in [3.63, 3.8) is 0 Å². The van der Waals surface area contributed by atoms with Crippen molar-refractivity contribution in [3.05, 3.63) is 65.5 Å². The first-order chi connectivity index (χ1) is 15.1. The summed E-state index contributed by atoms with van der Waals surface area (Å²) >= 11 is 0. The Kier molecular flexibility index (Phi) is 8.77. The first kappa shape index (κ1) is 25.3. The third-order valence-corrected chi connectivity index (χ3v) is 6.14. The van der Waals surface area contributed by atoms with Crippen LogP contribution in [-0.4, -0.2) is 50.5 Å². The number of nitrogens with zero attached hydrogens (tertiary/aromatic N) is 2. The van der Waals surface area contributed by atoms with Gasteiger partial charge in [-0.15, -0.1) is 0 Å². The van der Waals surface area contributed by atoms with Crippen LogP contribution in [-0.2, 0) is 26.2 Å². The molecule has 1 atom stereocenters. The summed E-state index contributed by atoms with van der Waals surface area (Å²) in [6.45, 7) is 5.38. The van der Waals surface area contributed by atoms with Crippen LogP contribution in [0, 0.1) is 12.7 Å². The zero-order valence-electron chi connectivity index (χ0n) is 18.8. The van der Waals surface area contributed by atoms with Crippen molar-refractivity contribution in [2.24, 2.45) is 0 Å². The smallest absolute Gasteiger partial charge is 0.244 e. The van der Waals surface area contributed by atoms with E-state index in [0.29, 0.717) is 13.0 Å². The van der Waals surface area contributed by atoms with Gasteiger partial charge in [0, 0.05) is 13.1 Å². The standard InChI is InChI=1S/C23H30FN3O4S/c1-5-20(23(29)25-6-2)26(15-18-13-11-17(3)12-14-18)22(28)16-27(32(4,30)31)21-10-8-7-9-19(21)24/h7-14,20H,5-6,15-16H2,1-4H3,(H,25,29)/t20-/m0/s1. The number of halogens is 1. The Hall–Kier alpha value is -2.94. The van der Waals surface area contributed by atoms with Gasteiger partial charge in [0.2, 0.25) is 21.8 Å². The van der Waals surface area contributed by atoms with Gasteiger partial charge in [-0.2, -0.15) is 0 Å². The van der Waals surface area contributed by atoms with Crippen molar-refractivity contribution in [2.75, 3.05) is 23.7 Å². The number of rotatable bonds is 10. The molecule has 2 rings (SSSR count). The molecule has 0 unspecified atom stereocenters. The number of hydrogen-bond donors (Lipinski definition) is 1.